The first-order chi connectivity index (χ1) is 10.7. The minimum absolute atomic E-state index is 0. The lowest BCUT2D eigenvalue weighted by Gasteiger charge is -2.41. The monoisotopic (exact) mass is 460 g/mol. The topological polar surface area (TPSA) is 44.7 Å². The van der Waals surface area contributed by atoms with Crippen molar-refractivity contribution in [3.05, 3.63) is 27.2 Å². The molecule has 0 unspecified atom stereocenters. The number of halogens is 4. The maximum atomic E-state index is 10.6. The number of hydrogen-bond acceptors (Lipinski definition) is 4. The van der Waals surface area contributed by atoms with E-state index in [1.807, 2.05) is 6.07 Å². The lowest BCUT2D eigenvalue weighted by molar-refractivity contribution is 0.0206. The van der Waals surface area contributed by atoms with Crippen molar-refractivity contribution in [2.24, 2.45) is 5.92 Å². The van der Waals surface area contributed by atoms with Crippen molar-refractivity contribution >= 4 is 52.3 Å². The maximum Gasteiger partial charge on any atom is 0.134 e. The van der Waals surface area contributed by atoms with E-state index in [-0.39, 0.29) is 30.9 Å². The molecule has 0 aliphatic carbocycles. The van der Waals surface area contributed by atoms with Crippen LogP contribution < -0.4 is 5.32 Å². The Morgan fingerprint density at radius 1 is 1.21 bits per heavy atom. The molecule has 0 saturated carbocycles. The van der Waals surface area contributed by atoms with Crippen LogP contribution in [0.4, 0.5) is 0 Å². The van der Waals surface area contributed by atoms with Gasteiger partial charge in [-0.2, -0.15) is 0 Å². The highest BCUT2D eigenvalue weighted by molar-refractivity contribution is 9.10. The van der Waals surface area contributed by atoms with E-state index in [9.17, 15) is 5.11 Å². The normalized spacial score (nSPS) is 20.8. The van der Waals surface area contributed by atoms with E-state index in [1.165, 1.54) is 0 Å². The lowest BCUT2D eigenvalue weighted by atomic mass is 9.85. The molecule has 0 radical (unpaired) electrons. The zero-order chi connectivity index (χ0) is 15.5. The van der Waals surface area contributed by atoms with Gasteiger partial charge in [0.1, 0.15) is 5.75 Å². The van der Waals surface area contributed by atoms with E-state index in [0.29, 0.717) is 21.2 Å². The van der Waals surface area contributed by atoms with Gasteiger partial charge in [-0.25, -0.2) is 0 Å². The molecule has 1 atom stereocenters. The highest BCUT2D eigenvalue weighted by Crippen LogP contribution is 2.43. The molecule has 138 valence electrons. The van der Waals surface area contributed by atoms with E-state index in [2.05, 4.69) is 26.1 Å². The highest BCUT2D eigenvalue weighted by Gasteiger charge is 2.33. The first kappa shape index (κ1) is 22.3. The Kier molecular flexibility index (Phi) is 9.67. The van der Waals surface area contributed by atoms with Crippen molar-refractivity contribution in [2.45, 2.75) is 18.9 Å². The molecular weight excluding hydrogens is 438 g/mol. The van der Waals surface area contributed by atoms with E-state index in [1.54, 1.807) is 6.07 Å². The summed E-state index contributed by atoms with van der Waals surface area (Å²) in [4.78, 5) is 2.48. The Hall–Kier alpha value is 0.250. The third kappa shape index (κ3) is 5.13. The number of benzene rings is 1. The smallest absolute Gasteiger partial charge is 0.134 e. The van der Waals surface area contributed by atoms with Gasteiger partial charge in [-0.3, -0.25) is 4.90 Å². The third-order valence-corrected chi connectivity index (χ3v) is 5.46. The number of phenols is 1. The van der Waals surface area contributed by atoms with Crippen LogP contribution in [0.5, 0.6) is 5.75 Å². The van der Waals surface area contributed by atoms with Crippen LogP contribution in [-0.4, -0.2) is 49.4 Å². The zero-order valence-electron chi connectivity index (χ0n) is 13.3. The molecule has 2 heterocycles. The summed E-state index contributed by atoms with van der Waals surface area (Å²) in [6.45, 7) is 5.56. The van der Waals surface area contributed by atoms with Crippen LogP contribution in [-0.2, 0) is 4.74 Å². The van der Waals surface area contributed by atoms with Crippen molar-refractivity contribution in [3.8, 4) is 5.75 Å². The Morgan fingerprint density at radius 3 is 2.46 bits per heavy atom. The number of ether oxygens (including phenoxy) is 1. The summed E-state index contributed by atoms with van der Waals surface area (Å²) in [5, 5.41) is 14.6. The van der Waals surface area contributed by atoms with Crippen LogP contribution >= 0.6 is 52.3 Å². The number of piperazine rings is 1. The van der Waals surface area contributed by atoms with Crippen LogP contribution in [0.1, 0.15) is 24.4 Å². The Labute approximate surface area is 169 Å². The van der Waals surface area contributed by atoms with Crippen molar-refractivity contribution in [3.63, 3.8) is 0 Å². The molecule has 2 N–H and O–H groups in total. The number of hydrogen-bond donors (Lipinski definition) is 2. The Balaban J connectivity index is 0.00000144. The maximum absolute atomic E-state index is 10.6. The second kappa shape index (κ2) is 10.4. The van der Waals surface area contributed by atoms with Crippen molar-refractivity contribution in [1.29, 1.82) is 0 Å². The van der Waals surface area contributed by atoms with Crippen LogP contribution in [0.15, 0.2) is 16.6 Å². The number of aromatic hydroxyl groups is 1. The van der Waals surface area contributed by atoms with E-state index in [4.69, 9.17) is 16.3 Å². The summed E-state index contributed by atoms with van der Waals surface area (Å²) >= 11 is 9.67. The molecule has 2 fully saturated rings. The quantitative estimate of drug-likeness (QED) is 0.712. The van der Waals surface area contributed by atoms with Gasteiger partial charge in [0, 0.05) is 56.0 Å². The molecular formula is C16H24BrCl3N2O2. The molecule has 0 aromatic heterocycles. The van der Waals surface area contributed by atoms with Crippen LogP contribution in [0, 0.1) is 5.92 Å². The summed E-state index contributed by atoms with van der Waals surface area (Å²) in [5.74, 6) is 0.808. The van der Waals surface area contributed by atoms with Gasteiger partial charge in [0.15, 0.2) is 0 Å². The second-order valence-corrected chi connectivity index (χ2v) is 7.30. The molecule has 2 aliphatic rings. The highest BCUT2D eigenvalue weighted by atomic mass is 79.9. The summed E-state index contributed by atoms with van der Waals surface area (Å²) in [6, 6.07) is 3.87. The number of nitrogens with zero attached hydrogens (tertiary/aromatic N) is 1. The number of rotatable bonds is 3. The third-order valence-electron chi connectivity index (χ3n) is 4.63. The predicted molar refractivity (Wildman–Crippen MR) is 106 cm³/mol. The van der Waals surface area contributed by atoms with Crippen LogP contribution in [0.3, 0.4) is 0 Å². The summed E-state index contributed by atoms with van der Waals surface area (Å²) in [7, 11) is 0. The predicted octanol–water partition coefficient (Wildman–Crippen LogP) is 4.02. The number of phenolic OH excluding ortho intramolecular Hbond substituents is 1. The van der Waals surface area contributed by atoms with Crippen molar-refractivity contribution < 1.29 is 9.84 Å². The Bertz CT molecular complexity index is 506. The Morgan fingerprint density at radius 2 is 1.83 bits per heavy atom. The average molecular weight is 463 g/mol. The van der Waals surface area contributed by atoms with Crippen LogP contribution in [0.2, 0.25) is 5.02 Å². The van der Waals surface area contributed by atoms with E-state index in [0.717, 1.165) is 57.8 Å². The molecule has 1 aromatic carbocycles. The second-order valence-electron chi connectivity index (χ2n) is 6.01. The van der Waals surface area contributed by atoms with Gasteiger partial charge in [-0.15, -0.1) is 24.8 Å². The van der Waals surface area contributed by atoms with Gasteiger partial charge in [0.25, 0.3) is 0 Å². The number of nitrogens with one attached hydrogen (secondary N) is 1. The average Bonchev–Trinajstić information content (AvgIpc) is 2.54. The molecule has 8 heteroatoms. The fourth-order valence-corrected chi connectivity index (χ4v) is 4.39. The van der Waals surface area contributed by atoms with E-state index >= 15 is 0 Å². The van der Waals surface area contributed by atoms with Gasteiger partial charge in [-0.05, 0) is 46.8 Å². The van der Waals surface area contributed by atoms with Gasteiger partial charge in [0.2, 0.25) is 0 Å². The van der Waals surface area contributed by atoms with Crippen LogP contribution in [0.25, 0.3) is 0 Å². The molecule has 2 saturated heterocycles. The first-order valence-corrected chi connectivity index (χ1v) is 9.04. The molecule has 24 heavy (non-hydrogen) atoms. The standard InChI is InChI=1S/C16H22BrClN2O2.2ClH/c17-14-10-12(18)9-13(16(14)21)15(11-1-7-22-8-2-11)20-5-3-19-4-6-20;;/h9-11,15,19,21H,1-8H2;2*1H/t15-;;/m0../s1. The fraction of sp³-hybridized carbons (Fsp3) is 0.625. The summed E-state index contributed by atoms with van der Waals surface area (Å²) < 4.78 is 6.19. The molecule has 4 nitrogen and oxygen atoms in total. The van der Waals surface area contributed by atoms with Gasteiger partial charge >= 0.3 is 0 Å². The summed E-state index contributed by atoms with van der Waals surface area (Å²) in [5.41, 5.74) is 0.938. The zero-order valence-corrected chi connectivity index (χ0v) is 17.3. The SMILES string of the molecule is Cl.Cl.Oc1c(Br)cc(Cl)cc1[C@H](C1CCOCC1)N1CCNCC1. The largest absolute Gasteiger partial charge is 0.506 e. The molecule has 3 rings (SSSR count). The minimum atomic E-state index is 0. The first-order valence-electron chi connectivity index (χ1n) is 7.87. The van der Waals surface area contributed by atoms with Gasteiger partial charge in [-0.1, -0.05) is 11.6 Å². The summed E-state index contributed by atoms with van der Waals surface area (Å²) in [6.07, 6.45) is 2.05. The van der Waals surface area contributed by atoms with Gasteiger partial charge < -0.3 is 15.2 Å². The van der Waals surface area contributed by atoms with Crippen molar-refractivity contribution in [1.82, 2.24) is 10.2 Å². The van der Waals surface area contributed by atoms with Crippen molar-refractivity contribution in [2.75, 3.05) is 39.4 Å². The molecule has 1 aromatic rings. The molecule has 0 spiro atoms. The molecule has 0 amide bonds. The molecule has 0 bridgehead atoms. The lowest BCUT2D eigenvalue weighted by Crippen LogP contribution is -2.47. The van der Waals surface area contributed by atoms with E-state index < -0.39 is 0 Å². The fourth-order valence-electron chi connectivity index (χ4n) is 3.55. The van der Waals surface area contributed by atoms with Gasteiger partial charge in [0.05, 0.1) is 4.47 Å². The minimum Gasteiger partial charge on any atom is -0.506 e. The molecule has 2 aliphatic heterocycles.